The highest BCUT2D eigenvalue weighted by Crippen LogP contribution is 2.40. The standard InChI is InChI=1S/C23H28N2O2/c26-17-16-24-14-6-12-23(22(24)27)13-7-15-25(23)18-20-10-4-5-11-21(20)19-8-2-1-3-9-19/h1-5,8-11,26H,6-7,12-18H2. The zero-order chi connectivity index (χ0) is 18.7. The molecule has 4 nitrogen and oxygen atoms in total. The van der Waals surface area contributed by atoms with Gasteiger partial charge in [-0.3, -0.25) is 9.69 Å². The molecule has 4 heteroatoms. The minimum atomic E-state index is -0.378. The molecule has 1 amide bonds. The number of β-amino-alcohol motifs (C(OH)–C–C–N with tert-alkyl or cyclic N) is 1. The summed E-state index contributed by atoms with van der Waals surface area (Å²) in [5.41, 5.74) is 3.36. The Morgan fingerprint density at radius 2 is 1.63 bits per heavy atom. The molecule has 2 fully saturated rings. The van der Waals surface area contributed by atoms with E-state index in [2.05, 4.69) is 53.4 Å². The van der Waals surface area contributed by atoms with Gasteiger partial charge in [-0.2, -0.15) is 0 Å². The van der Waals surface area contributed by atoms with Crippen molar-refractivity contribution in [3.63, 3.8) is 0 Å². The maximum Gasteiger partial charge on any atom is 0.243 e. The van der Waals surface area contributed by atoms with Crippen LogP contribution in [0, 0.1) is 0 Å². The molecule has 2 aliphatic rings. The predicted octanol–water partition coefficient (Wildman–Crippen LogP) is 3.30. The number of benzene rings is 2. The fourth-order valence-corrected chi connectivity index (χ4v) is 4.85. The van der Waals surface area contributed by atoms with Crippen LogP contribution in [0.25, 0.3) is 11.1 Å². The molecule has 1 N–H and O–H groups in total. The first-order chi connectivity index (χ1) is 13.2. The number of amides is 1. The maximum atomic E-state index is 13.3. The summed E-state index contributed by atoms with van der Waals surface area (Å²) in [7, 11) is 0. The highest BCUT2D eigenvalue weighted by Gasteiger charge is 2.50. The van der Waals surface area contributed by atoms with Gasteiger partial charge in [0.15, 0.2) is 0 Å². The smallest absolute Gasteiger partial charge is 0.243 e. The Morgan fingerprint density at radius 3 is 2.41 bits per heavy atom. The van der Waals surface area contributed by atoms with Gasteiger partial charge in [0, 0.05) is 19.6 Å². The van der Waals surface area contributed by atoms with Gasteiger partial charge < -0.3 is 10.0 Å². The van der Waals surface area contributed by atoms with E-state index in [-0.39, 0.29) is 18.1 Å². The number of hydrogen-bond donors (Lipinski definition) is 1. The van der Waals surface area contributed by atoms with Gasteiger partial charge in [0.1, 0.15) is 5.54 Å². The molecular weight excluding hydrogens is 336 g/mol. The van der Waals surface area contributed by atoms with Gasteiger partial charge in [-0.25, -0.2) is 0 Å². The van der Waals surface area contributed by atoms with Crippen molar-refractivity contribution < 1.29 is 9.90 Å². The van der Waals surface area contributed by atoms with Gasteiger partial charge in [0.25, 0.3) is 0 Å². The first-order valence-corrected chi connectivity index (χ1v) is 10.0. The largest absolute Gasteiger partial charge is 0.395 e. The van der Waals surface area contributed by atoms with Gasteiger partial charge >= 0.3 is 0 Å². The SMILES string of the molecule is O=C1N(CCO)CCCC12CCCN2Cc1ccccc1-c1ccccc1. The predicted molar refractivity (Wildman–Crippen MR) is 107 cm³/mol. The van der Waals surface area contributed by atoms with Crippen LogP contribution in [0.2, 0.25) is 0 Å². The van der Waals surface area contributed by atoms with Crippen molar-refractivity contribution >= 4 is 5.91 Å². The molecule has 1 atom stereocenters. The van der Waals surface area contributed by atoms with Crippen molar-refractivity contribution in [1.82, 2.24) is 9.80 Å². The number of piperidine rings is 1. The van der Waals surface area contributed by atoms with Crippen LogP contribution in [0.15, 0.2) is 54.6 Å². The molecule has 0 aliphatic carbocycles. The minimum absolute atomic E-state index is 0.0403. The molecular formula is C23H28N2O2. The second kappa shape index (κ2) is 7.83. The zero-order valence-electron chi connectivity index (χ0n) is 15.8. The van der Waals surface area contributed by atoms with E-state index >= 15 is 0 Å². The summed E-state index contributed by atoms with van der Waals surface area (Å²) in [5, 5.41) is 9.32. The monoisotopic (exact) mass is 364 g/mol. The molecule has 142 valence electrons. The Kier molecular flexibility index (Phi) is 5.28. The summed E-state index contributed by atoms with van der Waals surface area (Å²) >= 11 is 0. The number of aliphatic hydroxyl groups is 1. The molecule has 0 bridgehead atoms. The number of carbonyl (C=O) groups excluding carboxylic acids is 1. The van der Waals surface area contributed by atoms with E-state index in [1.54, 1.807) is 0 Å². The Bertz CT molecular complexity index is 790. The van der Waals surface area contributed by atoms with Crippen molar-refractivity contribution in [1.29, 1.82) is 0 Å². The van der Waals surface area contributed by atoms with E-state index in [1.165, 1.54) is 16.7 Å². The number of aliphatic hydroxyl groups excluding tert-OH is 1. The molecule has 27 heavy (non-hydrogen) atoms. The lowest BCUT2D eigenvalue weighted by Crippen LogP contribution is -2.60. The molecule has 1 unspecified atom stereocenters. The third kappa shape index (κ3) is 3.40. The molecule has 2 heterocycles. The molecule has 2 aliphatic heterocycles. The van der Waals surface area contributed by atoms with E-state index < -0.39 is 0 Å². The van der Waals surface area contributed by atoms with Gasteiger partial charge in [-0.1, -0.05) is 54.6 Å². The third-order valence-electron chi connectivity index (χ3n) is 6.16. The Balaban J connectivity index is 1.62. The van der Waals surface area contributed by atoms with Crippen LogP contribution in [0.4, 0.5) is 0 Å². The van der Waals surface area contributed by atoms with E-state index in [0.29, 0.717) is 6.54 Å². The molecule has 4 rings (SSSR count). The van der Waals surface area contributed by atoms with Crippen molar-refractivity contribution in [3.8, 4) is 11.1 Å². The van der Waals surface area contributed by atoms with Crippen LogP contribution in [-0.2, 0) is 11.3 Å². The van der Waals surface area contributed by atoms with Crippen LogP contribution in [0.1, 0.15) is 31.2 Å². The van der Waals surface area contributed by atoms with Crippen molar-refractivity contribution in [2.24, 2.45) is 0 Å². The van der Waals surface area contributed by atoms with E-state index in [1.807, 2.05) is 11.0 Å². The lowest BCUT2D eigenvalue weighted by Gasteiger charge is -2.44. The molecule has 0 saturated carbocycles. The highest BCUT2D eigenvalue weighted by atomic mass is 16.3. The number of hydrogen-bond acceptors (Lipinski definition) is 3. The fraction of sp³-hybridized carbons (Fsp3) is 0.435. The molecule has 0 aromatic heterocycles. The quantitative estimate of drug-likeness (QED) is 0.885. The normalized spacial score (nSPS) is 23.3. The average molecular weight is 364 g/mol. The number of rotatable bonds is 5. The van der Waals surface area contributed by atoms with Gasteiger partial charge in [-0.05, 0) is 48.9 Å². The zero-order valence-corrected chi connectivity index (χ0v) is 15.8. The molecule has 1 spiro atoms. The molecule has 2 aromatic carbocycles. The van der Waals surface area contributed by atoms with Crippen molar-refractivity contribution in [3.05, 3.63) is 60.2 Å². The summed E-state index contributed by atoms with van der Waals surface area (Å²) in [4.78, 5) is 17.5. The maximum absolute atomic E-state index is 13.3. The van der Waals surface area contributed by atoms with Gasteiger partial charge in [0.05, 0.1) is 6.61 Å². The highest BCUT2D eigenvalue weighted by molar-refractivity contribution is 5.87. The second-order valence-corrected chi connectivity index (χ2v) is 7.70. The molecule has 2 aromatic rings. The number of nitrogens with zero attached hydrogens (tertiary/aromatic N) is 2. The lowest BCUT2D eigenvalue weighted by atomic mass is 9.85. The van der Waals surface area contributed by atoms with E-state index in [4.69, 9.17) is 0 Å². The van der Waals surface area contributed by atoms with Gasteiger partial charge in [-0.15, -0.1) is 0 Å². The van der Waals surface area contributed by atoms with Crippen LogP contribution in [-0.4, -0.2) is 52.6 Å². The summed E-state index contributed by atoms with van der Waals surface area (Å²) in [6, 6.07) is 19.0. The summed E-state index contributed by atoms with van der Waals surface area (Å²) in [6.45, 7) is 3.02. The molecule has 0 radical (unpaired) electrons. The van der Waals surface area contributed by atoms with Crippen molar-refractivity contribution in [2.45, 2.75) is 37.8 Å². The van der Waals surface area contributed by atoms with E-state index in [0.717, 1.165) is 45.3 Å². The lowest BCUT2D eigenvalue weighted by molar-refractivity contribution is -0.148. The average Bonchev–Trinajstić information content (AvgIpc) is 3.10. The van der Waals surface area contributed by atoms with Crippen LogP contribution >= 0.6 is 0 Å². The fourth-order valence-electron chi connectivity index (χ4n) is 4.85. The van der Waals surface area contributed by atoms with Crippen LogP contribution < -0.4 is 0 Å². The van der Waals surface area contributed by atoms with E-state index in [9.17, 15) is 9.90 Å². The van der Waals surface area contributed by atoms with Gasteiger partial charge in [0.2, 0.25) is 5.91 Å². The van der Waals surface area contributed by atoms with Crippen molar-refractivity contribution in [2.75, 3.05) is 26.2 Å². The Hall–Kier alpha value is -2.17. The second-order valence-electron chi connectivity index (χ2n) is 7.70. The first-order valence-electron chi connectivity index (χ1n) is 10.0. The summed E-state index contributed by atoms with van der Waals surface area (Å²) in [5.74, 6) is 0.220. The number of likely N-dealkylation sites (tertiary alicyclic amines) is 2. The Labute approximate surface area is 161 Å². The summed E-state index contributed by atoms with van der Waals surface area (Å²) in [6.07, 6.45) is 3.94. The topological polar surface area (TPSA) is 43.8 Å². The third-order valence-corrected chi connectivity index (χ3v) is 6.16. The summed E-state index contributed by atoms with van der Waals surface area (Å²) < 4.78 is 0. The van der Waals surface area contributed by atoms with Crippen LogP contribution in [0.5, 0.6) is 0 Å². The minimum Gasteiger partial charge on any atom is -0.395 e. The molecule has 2 saturated heterocycles. The van der Waals surface area contributed by atoms with Crippen LogP contribution in [0.3, 0.4) is 0 Å². The first kappa shape index (κ1) is 18.2. The Morgan fingerprint density at radius 1 is 0.926 bits per heavy atom. The number of carbonyl (C=O) groups is 1.